The number of H-pyrrole nitrogens is 1. The van der Waals surface area contributed by atoms with Crippen LogP contribution in [0.5, 0.6) is 0 Å². The van der Waals surface area contributed by atoms with Gasteiger partial charge in [0.1, 0.15) is 0 Å². The molecule has 0 bridgehead atoms. The lowest BCUT2D eigenvalue weighted by molar-refractivity contribution is 0.205. The van der Waals surface area contributed by atoms with Gasteiger partial charge in [0, 0.05) is 43.3 Å². The predicted octanol–water partition coefficient (Wildman–Crippen LogP) is 3.72. The lowest BCUT2D eigenvalue weighted by Gasteiger charge is -2.40. The van der Waals surface area contributed by atoms with Crippen LogP contribution < -0.4 is 5.32 Å². The molecule has 2 heterocycles. The maximum absolute atomic E-state index is 12.2. The standard InChI is InChI=1S/C23H30N4O/c1-26(2)23(28)24-15-11-17-16-9-6-10-19-21(16)18(12-20(17)27(3)13-15)22(25-19)14-7-4-5-8-14/h6,9-11,14-15,20,25H,4-5,7-8,12-13H2,1-3H3,(H,24,28). The summed E-state index contributed by atoms with van der Waals surface area (Å²) in [5, 5.41) is 4.57. The number of urea groups is 1. The van der Waals surface area contributed by atoms with Gasteiger partial charge in [0.15, 0.2) is 0 Å². The summed E-state index contributed by atoms with van der Waals surface area (Å²) in [5.41, 5.74) is 7.03. The van der Waals surface area contributed by atoms with E-state index >= 15 is 0 Å². The first-order chi connectivity index (χ1) is 13.5. The van der Waals surface area contributed by atoms with Crippen LogP contribution >= 0.6 is 0 Å². The van der Waals surface area contributed by atoms with Crippen molar-refractivity contribution in [2.75, 3.05) is 27.7 Å². The van der Waals surface area contributed by atoms with E-state index in [1.54, 1.807) is 24.6 Å². The highest BCUT2D eigenvalue weighted by Gasteiger charge is 2.36. The number of carbonyl (C=O) groups excluding carboxylic acids is 1. The molecule has 3 aliphatic rings. The minimum Gasteiger partial charge on any atom is -0.358 e. The van der Waals surface area contributed by atoms with Gasteiger partial charge in [0.05, 0.1) is 6.04 Å². The molecule has 5 heteroatoms. The van der Waals surface area contributed by atoms with Crippen LogP contribution in [0.2, 0.25) is 0 Å². The molecule has 2 unspecified atom stereocenters. The van der Waals surface area contributed by atoms with E-state index in [0.29, 0.717) is 12.0 Å². The summed E-state index contributed by atoms with van der Waals surface area (Å²) in [7, 11) is 5.77. The Kier molecular flexibility index (Phi) is 4.23. The third kappa shape index (κ3) is 2.75. The summed E-state index contributed by atoms with van der Waals surface area (Å²) in [6.45, 7) is 0.849. The van der Waals surface area contributed by atoms with Crippen molar-refractivity contribution < 1.29 is 4.79 Å². The van der Waals surface area contributed by atoms with Gasteiger partial charge in [-0.25, -0.2) is 4.79 Å². The van der Waals surface area contributed by atoms with Gasteiger partial charge >= 0.3 is 6.03 Å². The zero-order chi connectivity index (χ0) is 19.4. The Morgan fingerprint density at radius 2 is 2.04 bits per heavy atom. The highest BCUT2D eigenvalue weighted by molar-refractivity contribution is 5.99. The van der Waals surface area contributed by atoms with Crippen molar-refractivity contribution >= 4 is 22.5 Å². The van der Waals surface area contributed by atoms with Crippen molar-refractivity contribution in [1.82, 2.24) is 20.1 Å². The van der Waals surface area contributed by atoms with Crippen molar-refractivity contribution in [3.05, 3.63) is 41.1 Å². The maximum atomic E-state index is 12.2. The molecule has 1 aliphatic heterocycles. The van der Waals surface area contributed by atoms with Crippen LogP contribution in [0.1, 0.15) is 48.4 Å². The smallest absolute Gasteiger partial charge is 0.317 e. The van der Waals surface area contributed by atoms with Gasteiger partial charge < -0.3 is 15.2 Å². The molecular formula is C23H30N4O. The molecule has 0 spiro atoms. The molecule has 5 rings (SSSR count). The van der Waals surface area contributed by atoms with E-state index in [4.69, 9.17) is 0 Å². The van der Waals surface area contributed by atoms with Gasteiger partial charge in [-0.05, 0) is 55.0 Å². The number of nitrogens with one attached hydrogen (secondary N) is 2. The summed E-state index contributed by atoms with van der Waals surface area (Å²) in [6, 6.07) is 7.05. The van der Waals surface area contributed by atoms with Crippen LogP contribution in [-0.4, -0.2) is 60.6 Å². The fraction of sp³-hybridized carbons (Fsp3) is 0.522. The van der Waals surface area contributed by atoms with Crippen molar-refractivity contribution in [3.63, 3.8) is 0 Å². The molecular weight excluding hydrogens is 348 g/mol. The highest BCUT2D eigenvalue weighted by atomic mass is 16.2. The molecule has 0 saturated heterocycles. The summed E-state index contributed by atoms with van der Waals surface area (Å²) in [5.74, 6) is 0.696. The number of rotatable bonds is 2. The van der Waals surface area contributed by atoms with Crippen LogP contribution in [0.25, 0.3) is 16.5 Å². The summed E-state index contributed by atoms with van der Waals surface area (Å²) >= 11 is 0. The molecule has 28 heavy (non-hydrogen) atoms. The largest absolute Gasteiger partial charge is 0.358 e. The monoisotopic (exact) mass is 378 g/mol. The van der Waals surface area contributed by atoms with E-state index in [2.05, 4.69) is 46.5 Å². The number of amides is 2. The average molecular weight is 379 g/mol. The Balaban J connectivity index is 1.59. The summed E-state index contributed by atoms with van der Waals surface area (Å²) in [4.78, 5) is 20.0. The molecule has 1 saturated carbocycles. The lowest BCUT2D eigenvalue weighted by Crippen LogP contribution is -2.51. The Labute approximate surface area is 166 Å². The van der Waals surface area contributed by atoms with Gasteiger partial charge in [-0.1, -0.05) is 31.1 Å². The maximum Gasteiger partial charge on any atom is 0.317 e. The van der Waals surface area contributed by atoms with Gasteiger partial charge in [-0.3, -0.25) is 4.90 Å². The molecule has 0 radical (unpaired) electrons. The van der Waals surface area contributed by atoms with Crippen LogP contribution in [0.3, 0.4) is 0 Å². The number of nitrogens with zero attached hydrogens (tertiary/aromatic N) is 2. The van der Waals surface area contributed by atoms with Crippen LogP contribution in [0.4, 0.5) is 4.79 Å². The first-order valence-electron chi connectivity index (χ1n) is 10.6. The first kappa shape index (κ1) is 17.8. The molecule has 2 aliphatic carbocycles. The number of hydrogen-bond acceptors (Lipinski definition) is 2. The first-order valence-corrected chi connectivity index (χ1v) is 10.6. The van der Waals surface area contributed by atoms with Gasteiger partial charge in [0.25, 0.3) is 0 Å². The third-order valence-electron chi connectivity index (χ3n) is 6.90. The molecule has 2 amide bonds. The molecule has 1 aromatic heterocycles. The molecule has 5 nitrogen and oxygen atoms in total. The Morgan fingerprint density at radius 3 is 2.79 bits per heavy atom. The fourth-order valence-electron chi connectivity index (χ4n) is 5.51. The molecule has 2 atom stereocenters. The van der Waals surface area contributed by atoms with Crippen LogP contribution in [0, 0.1) is 0 Å². The topological polar surface area (TPSA) is 51.4 Å². The second kappa shape index (κ2) is 6.66. The Hall–Kier alpha value is -2.27. The van der Waals surface area contributed by atoms with Gasteiger partial charge in [0.2, 0.25) is 0 Å². The number of hydrogen-bond donors (Lipinski definition) is 2. The number of aromatic nitrogens is 1. The van der Waals surface area contributed by atoms with Crippen molar-refractivity contribution in [3.8, 4) is 0 Å². The van der Waals surface area contributed by atoms with E-state index < -0.39 is 0 Å². The Morgan fingerprint density at radius 1 is 1.25 bits per heavy atom. The normalized spacial score (nSPS) is 24.9. The average Bonchev–Trinajstić information content (AvgIpc) is 3.31. The minimum atomic E-state index is -0.0337. The lowest BCUT2D eigenvalue weighted by atomic mass is 9.79. The number of fused-ring (bicyclic) bond motifs is 2. The second-order valence-corrected chi connectivity index (χ2v) is 8.96. The molecule has 1 aromatic carbocycles. The van der Waals surface area contributed by atoms with Crippen LogP contribution in [0.15, 0.2) is 24.3 Å². The summed E-state index contributed by atoms with van der Waals surface area (Å²) in [6.07, 6.45) is 8.71. The van der Waals surface area contributed by atoms with E-state index in [1.807, 2.05) is 0 Å². The predicted molar refractivity (Wildman–Crippen MR) is 114 cm³/mol. The van der Waals surface area contributed by atoms with Gasteiger partial charge in [-0.2, -0.15) is 0 Å². The zero-order valence-electron chi connectivity index (χ0n) is 17.1. The third-order valence-corrected chi connectivity index (χ3v) is 6.90. The number of likely N-dealkylation sites (N-methyl/N-ethyl adjacent to an activating group) is 1. The number of aromatic amines is 1. The fourth-order valence-corrected chi connectivity index (χ4v) is 5.51. The van der Waals surface area contributed by atoms with Crippen molar-refractivity contribution in [1.29, 1.82) is 0 Å². The Bertz CT molecular complexity index is 951. The quantitative estimate of drug-likeness (QED) is 0.837. The van der Waals surface area contributed by atoms with E-state index in [-0.39, 0.29) is 12.1 Å². The highest BCUT2D eigenvalue weighted by Crippen LogP contribution is 2.45. The van der Waals surface area contributed by atoms with Crippen molar-refractivity contribution in [2.24, 2.45) is 0 Å². The van der Waals surface area contributed by atoms with E-state index in [9.17, 15) is 4.79 Å². The molecule has 2 aromatic rings. The van der Waals surface area contributed by atoms with Gasteiger partial charge in [-0.15, -0.1) is 0 Å². The number of carbonyl (C=O) groups is 1. The van der Waals surface area contributed by atoms with Crippen LogP contribution in [-0.2, 0) is 6.42 Å². The van der Waals surface area contributed by atoms with Crippen molar-refractivity contribution in [2.45, 2.75) is 50.1 Å². The molecule has 2 N–H and O–H groups in total. The zero-order valence-corrected chi connectivity index (χ0v) is 17.1. The number of benzene rings is 1. The SMILES string of the molecule is CN(C)C(=O)NC1C=C2c3cccc4[nH]c(C5CCCC5)c(c34)CC2N(C)C1. The second-order valence-electron chi connectivity index (χ2n) is 8.96. The minimum absolute atomic E-state index is 0.0337. The van der Waals surface area contributed by atoms with E-state index in [1.165, 1.54) is 53.4 Å². The van der Waals surface area contributed by atoms with E-state index in [0.717, 1.165) is 13.0 Å². The molecule has 148 valence electrons. The summed E-state index contributed by atoms with van der Waals surface area (Å²) < 4.78 is 0. The molecule has 1 fully saturated rings.